The average molecular weight is 519 g/mol. The molecule has 3 saturated heterocycles. The van der Waals surface area contributed by atoms with Crippen LogP contribution in [0.5, 0.6) is 5.75 Å². The molecule has 4 aliphatic rings. The van der Waals surface area contributed by atoms with Crippen LogP contribution in [0.2, 0.25) is 0 Å². The number of likely N-dealkylation sites (tertiary alicyclic amines) is 2. The first kappa shape index (κ1) is 24.8. The number of hydrogen-bond acceptors (Lipinski definition) is 9. The van der Waals surface area contributed by atoms with E-state index in [0.29, 0.717) is 56.2 Å². The topological polar surface area (TPSA) is 103 Å². The van der Waals surface area contributed by atoms with Gasteiger partial charge in [-0.05, 0) is 44.5 Å². The average Bonchev–Trinajstić information content (AvgIpc) is 3.02. The Bertz CT molecular complexity index is 1270. The number of nitrogens with zero attached hydrogens (tertiary/aromatic N) is 5. The lowest BCUT2D eigenvalue weighted by Gasteiger charge is -2.51. The summed E-state index contributed by atoms with van der Waals surface area (Å²) in [6.45, 7) is 12.2. The minimum absolute atomic E-state index is 0.244. The summed E-state index contributed by atoms with van der Waals surface area (Å²) in [5, 5.41) is 13.4. The molecule has 1 aromatic heterocycles. The van der Waals surface area contributed by atoms with Gasteiger partial charge in [0, 0.05) is 63.1 Å². The molecule has 0 bridgehead atoms. The van der Waals surface area contributed by atoms with Crippen molar-refractivity contribution in [1.82, 2.24) is 14.8 Å². The van der Waals surface area contributed by atoms with Crippen molar-refractivity contribution in [3.05, 3.63) is 41.1 Å². The normalized spacial score (nSPS) is 20.1. The van der Waals surface area contributed by atoms with Crippen LogP contribution in [0, 0.1) is 11.3 Å². The molecule has 2 aromatic rings. The van der Waals surface area contributed by atoms with E-state index in [4.69, 9.17) is 14.2 Å². The molecule has 10 heteroatoms. The van der Waals surface area contributed by atoms with Crippen molar-refractivity contribution in [2.24, 2.45) is 0 Å². The number of ether oxygens (including phenoxy) is 3. The Labute approximate surface area is 223 Å². The maximum Gasteiger partial charge on any atom is 0.410 e. The predicted octanol–water partition coefficient (Wildman–Crippen LogP) is 3.44. The quantitative estimate of drug-likeness (QED) is 0.654. The van der Waals surface area contributed by atoms with E-state index >= 15 is 0 Å². The van der Waals surface area contributed by atoms with Gasteiger partial charge in [-0.3, -0.25) is 4.90 Å². The van der Waals surface area contributed by atoms with Crippen LogP contribution in [-0.2, 0) is 16.1 Å². The molecule has 0 saturated carbocycles. The minimum Gasteiger partial charge on any atom is -0.485 e. The molecule has 0 spiro atoms. The van der Waals surface area contributed by atoms with Crippen LogP contribution in [0.3, 0.4) is 0 Å². The summed E-state index contributed by atoms with van der Waals surface area (Å²) in [4.78, 5) is 23.3. The highest BCUT2D eigenvalue weighted by atomic mass is 16.6. The fraction of sp³-hybridized carbons (Fsp3) is 0.536. The van der Waals surface area contributed by atoms with Gasteiger partial charge in [0.25, 0.3) is 0 Å². The van der Waals surface area contributed by atoms with Gasteiger partial charge >= 0.3 is 6.09 Å². The first-order chi connectivity index (χ1) is 18.3. The Morgan fingerprint density at radius 3 is 2.66 bits per heavy atom. The number of pyridine rings is 1. The van der Waals surface area contributed by atoms with E-state index in [1.165, 1.54) is 0 Å². The van der Waals surface area contributed by atoms with Crippen molar-refractivity contribution in [3.8, 4) is 11.8 Å². The Balaban J connectivity index is 1.14. The number of anilines is 3. The maximum atomic E-state index is 12.3. The van der Waals surface area contributed by atoms with Gasteiger partial charge in [-0.25, -0.2) is 9.78 Å². The number of carbonyl (C=O) groups is 1. The number of benzene rings is 1. The summed E-state index contributed by atoms with van der Waals surface area (Å²) >= 11 is 0. The number of nitrogens with one attached hydrogen (secondary N) is 1. The van der Waals surface area contributed by atoms with Crippen molar-refractivity contribution < 1.29 is 19.0 Å². The molecule has 1 aromatic carbocycles. The molecule has 5 heterocycles. The first-order valence-corrected chi connectivity index (χ1v) is 13.3. The number of morpholine rings is 1. The van der Waals surface area contributed by atoms with Crippen molar-refractivity contribution in [2.75, 3.05) is 62.7 Å². The van der Waals surface area contributed by atoms with E-state index in [1.54, 1.807) is 4.90 Å². The van der Waals surface area contributed by atoms with Gasteiger partial charge in [0.1, 0.15) is 24.1 Å². The van der Waals surface area contributed by atoms with Crippen molar-refractivity contribution >= 4 is 23.3 Å². The molecule has 1 N–H and O–H groups in total. The largest absolute Gasteiger partial charge is 0.485 e. The van der Waals surface area contributed by atoms with Crippen LogP contribution in [0.25, 0.3) is 0 Å². The highest BCUT2D eigenvalue weighted by molar-refractivity contribution is 5.76. The summed E-state index contributed by atoms with van der Waals surface area (Å²) < 4.78 is 17.2. The number of nitriles is 1. The molecule has 4 aliphatic heterocycles. The summed E-state index contributed by atoms with van der Waals surface area (Å²) in [6.07, 6.45) is 1.58. The first-order valence-electron chi connectivity index (χ1n) is 13.3. The van der Waals surface area contributed by atoms with Crippen molar-refractivity contribution in [1.29, 1.82) is 5.26 Å². The van der Waals surface area contributed by atoms with Gasteiger partial charge in [-0.1, -0.05) is 0 Å². The lowest BCUT2D eigenvalue weighted by Crippen LogP contribution is -2.66. The molecular weight excluding hydrogens is 484 g/mol. The highest BCUT2D eigenvalue weighted by Crippen LogP contribution is 2.42. The molecular formula is C28H34N6O4. The van der Waals surface area contributed by atoms with Gasteiger partial charge in [-0.15, -0.1) is 0 Å². The number of fused-ring (bicyclic) bond motifs is 2. The Kier molecular flexibility index (Phi) is 6.28. The van der Waals surface area contributed by atoms with Crippen molar-refractivity contribution in [2.45, 2.75) is 44.9 Å². The van der Waals surface area contributed by atoms with E-state index in [-0.39, 0.29) is 6.09 Å². The molecule has 0 radical (unpaired) electrons. The molecule has 6 rings (SSSR count). The number of hydrogen-bond donors (Lipinski definition) is 1. The van der Waals surface area contributed by atoms with Crippen LogP contribution in [-0.4, -0.2) is 85.0 Å². The zero-order valence-electron chi connectivity index (χ0n) is 22.2. The second kappa shape index (κ2) is 9.64. The van der Waals surface area contributed by atoms with Crippen LogP contribution in [0.4, 0.5) is 22.0 Å². The molecule has 10 nitrogen and oxygen atoms in total. The Hall–Kier alpha value is -3.55. The Morgan fingerprint density at radius 2 is 1.95 bits per heavy atom. The standard InChI is InChI=1S/C28H34N6O4/c1-28(2,3)38-27(35)34-15-21(16-34)33-13-20(14-33)18-10-19(12-29)25-23(11-18)31-26-22(17-37-25)24(4-5-30-26)32-6-8-36-9-7-32/h4-5,10-11,20-21H,6-9,13-17H2,1-3H3,(H,30,31). The van der Waals surface area contributed by atoms with Gasteiger partial charge in [-0.2, -0.15) is 5.26 Å². The molecule has 0 atom stereocenters. The molecule has 1 amide bonds. The molecule has 38 heavy (non-hydrogen) atoms. The number of aromatic nitrogens is 1. The fourth-order valence-electron chi connectivity index (χ4n) is 5.51. The van der Waals surface area contributed by atoms with E-state index < -0.39 is 5.60 Å². The summed E-state index contributed by atoms with van der Waals surface area (Å²) in [7, 11) is 0. The molecule has 0 unspecified atom stereocenters. The van der Waals surface area contributed by atoms with Crippen LogP contribution in [0.15, 0.2) is 24.4 Å². The van der Waals surface area contributed by atoms with E-state index in [1.807, 2.05) is 39.1 Å². The third kappa shape index (κ3) is 4.72. The lowest BCUT2D eigenvalue weighted by atomic mass is 9.87. The predicted molar refractivity (Wildman–Crippen MR) is 142 cm³/mol. The SMILES string of the molecule is CC(C)(C)OC(=O)N1CC(N2CC(c3cc(C#N)c4c(c3)Nc3nccc(N5CCOCC5)c3CO4)C2)C1. The summed E-state index contributed by atoms with van der Waals surface area (Å²) in [5.74, 6) is 1.66. The van der Waals surface area contributed by atoms with Gasteiger partial charge in [0.2, 0.25) is 0 Å². The second-order valence-corrected chi connectivity index (χ2v) is 11.4. The van der Waals surface area contributed by atoms with Gasteiger partial charge in [0.15, 0.2) is 5.75 Å². The maximum absolute atomic E-state index is 12.3. The Morgan fingerprint density at radius 1 is 1.18 bits per heavy atom. The monoisotopic (exact) mass is 518 g/mol. The van der Waals surface area contributed by atoms with Crippen LogP contribution >= 0.6 is 0 Å². The van der Waals surface area contributed by atoms with Crippen LogP contribution in [0.1, 0.15) is 43.4 Å². The molecule has 200 valence electrons. The third-order valence-corrected chi connectivity index (χ3v) is 7.64. The number of rotatable bonds is 3. The lowest BCUT2D eigenvalue weighted by molar-refractivity contribution is -0.0338. The number of amides is 1. The summed E-state index contributed by atoms with van der Waals surface area (Å²) in [6, 6.07) is 8.78. The zero-order chi connectivity index (χ0) is 26.4. The minimum atomic E-state index is -0.480. The van der Waals surface area contributed by atoms with Crippen LogP contribution < -0.4 is 15.0 Å². The van der Waals surface area contributed by atoms with Gasteiger partial charge in [0.05, 0.1) is 30.0 Å². The summed E-state index contributed by atoms with van der Waals surface area (Å²) in [5.41, 5.74) is 4.03. The highest BCUT2D eigenvalue weighted by Gasteiger charge is 2.42. The number of carbonyl (C=O) groups excluding carboxylic acids is 1. The third-order valence-electron chi connectivity index (χ3n) is 7.64. The van der Waals surface area contributed by atoms with E-state index in [9.17, 15) is 10.1 Å². The van der Waals surface area contributed by atoms with Gasteiger partial charge < -0.3 is 29.3 Å². The molecule has 3 fully saturated rings. The smallest absolute Gasteiger partial charge is 0.410 e. The zero-order valence-corrected chi connectivity index (χ0v) is 22.2. The van der Waals surface area contributed by atoms with E-state index in [0.717, 1.165) is 54.5 Å². The second-order valence-electron chi connectivity index (χ2n) is 11.4. The van der Waals surface area contributed by atoms with Crippen molar-refractivity contribution in [3.63, 3.8) is 0 Å². The molecule has 0 aliphatic carbocycles. The van der Waals surface area contributed by atoms with E-state index in [2.05, 4.69) is 32.2 Å². The fourth-order valence-corrected chi connectivity index (χ4v) is 5.51.